The molecule has 2 N–H and O–H groups in total. The summed E-state index contributed by atoms with van der Waals surface area (Å²) in [6, 6.07) is 8.78. The van der Waals surface area contributed by atoms with Crippen molar-refractivity contribution < 1.29 is 9.90 Å². The molecule has 0 bridgehead atoms. The number of carbonyl (C=O) groups is 1. The molecular weight excluding hydrogens is 242 g/mol. The van der Waals surface area contributed by atoms with Crippen molar-refractivity contribution in [3.63, 3.8) is 0 Å². The van der Waals surface area contributed by atoms with Gasteiger partial charge in [0.2, 0.25) is 0 Å². The zero-order chi connectivity index (χ0) is 13.7. The van der Waals surface area contributed by atoms with Crippen LogP contribution in [-0.4, -0.2) is 27.4 Å². The van der Waals surface area contributed by atoms with Crippen molar-refractivity contribution >= 4 is 11.6 Å². The molecule has 0 aliphatic heterocycles. The second kappa shape index (κ2) is 5.85. The van der Waals surface area contributed by atoms with E-state index < -0.39 is 0 Å². The molecule has 0 aliphatic carbocycles. The molecule has 0 unspecified atom stereocenters. The molecule has 0 spiro atoms. The van der Waals surface area contributed by atoms with E-state index in [0.29, 0.717) is 16.9 Å². The highest BCUT2D eigenvalue weighted by Gasteiger charge is 2.10. The first-order valence-electron chi connectivity index (χ1n) is 5.70. The van der Waals surface area contributed by atoms with Gasteiger partial charge in [-0.15, -0.1) is 0 Å². The van der Waals surface area contributed by atoms with E-state index in [-0.39, 0.29) is 12.5 Å². The number of hydrogen-bond donors (Lipinski definition) is 2. The third-order valence-corrected chi connectivity index (χ3v) is 2.42. The summed E-state index contributed by atoms with van der Waals surface area (Å²) in [5, 5.41) is 15.5. The first-order chi connectivity index (χ1) is 9.20. The van der Waals surface area contributed by atoms with E-state index >= 15 is 0 Å². The maximum absolute atomic E-state index is 12.0. The Morgan fingerprint density at radius 2 is 2.21 bits per heavy atom. The van der Waals surface area contributed by atoms with Crippen LogP contribution in [0.5, 0.6) is 0 Å². The normalized spacial score (nSPS) is 9.58. The van der Waals surface area contributed by atoms with Crippen LogP contribution < -0.4 is 5.32 Å². The summed E-state index contributed by atoms with van der Waals surface area (Å²) < 4.78 is 1.56. The number of aliphatic hydroxyl groups excluding tert-OH is 1. The molecular formula is C14H13N3O2. The number of aliphatic hydroxyl groups is 1. The van der Waals surface area contributed by atoms with E-state index in [4.69, 9.17) is 5.11 Å². The van der Waals surface area contributed by atoms with E-state index in [1.165, 1.54) is 0 Å². The van der Waals surface area contributed by atoms with Gasteiger partial charge < -0.3 is 10.4 Å². The monoisotopic (exact) mass is 255 g/mol. The summed E-state index contributed by atoms with van der Waals surface area (Å²) in [4.78, 5) is 12.0. The van der Waals surface area contributed by atoms with Gasteiger partial charge >= 0.3 is 0 Å². The van der Waals surface area contributed by atoms with Crippen molar-refractivity contribution in [1.29, 1.82) is 0 Å². The molecule has 5 nitrogen and oxygen atoms in total. The van der Waals surface area contributed by atoms with Crippen LogP contribution in [0.4, 0.5) is 5.69 Å². The quantitative estimate of drug-likeness (QED) is 0.787. The molecule has 2 rings (SSSR count). The number of carbonyl (C=O) groups excluding carboxylic acids is 1. The lowest BCUT2D eigenvalue weighted by molar-refractivity contribution is 0.102. The highest BCUT2D eigenvalue weighted by atomic mass is 16.2. The second-order valence-corrected chi connectivity index (χ2v) is 3.83. The summed E-state index contributed by atoms with van der Waals surface area (Å²) >= 11 is 0. The number of hydrogen-bond acceptors (Lipinski definition) is 3. The maximum Gasteiger partial charge on any atom is 0.276 e. The van der Waals surface area contributed by atoms with Gasteiger partial charge in [0.1, 0.15) is 6.61 Å². The van der Waals surface area contributed by atoms with Crippen LogP contribution in [0.1, 0.15) is 16.1 Å². The molecule has 1 amide bonds. The molecule has 1 aromatic carbocycles. The molecule has 0 saturated heterocycles. The summed E-state index contributed by atoms with van der Waals surface area (Å²) in [7, 11) is 1.75. The molecule has 0 atom stereocenters. The van der Waals surface area contributed by atoms with Gasteiger partial charge in [0.25, 0.3) is 5.91 Å². The molecule has 2 aromatic rings. The standard InChI is InChI=1S/C14H13N3O2/c1-17-9-8-13(16-17)14(19)15-12-7-3-2-5-11(12)6-4-10-18/h2-3,5,7-9,18H,10H2,1H3,(H,15,19). The smallest absolute Gasteiger partial charge is 0.276 e. The Morgan fingerprint density at radius 3 is 2.89 bits per heavy atom. The van der Waals surface area contributed by atoms with Crippen LogP contribution in [0.25, 0.3) is 0 Å². The van der Waals surface area contributed by atoms with Crippen LogP contribution in [-0.2, 0) is 7.05 Å². The molecule has 0 radical (unpaired) electrons. The van der Waals surface area contributed by atoms with Gasteiger partial charge in [0.15, 0.2) is 5.69 Å². The number of benzene rings is 1. The van der Waals surface area contributed by atoms with Gasteiger partial charge in [-0.2, -0.15) is 5.10 Å². The van der Waals surface area contributed by atoms with Crippen LogP contribution in [0.2, 0.25) is 0 Å². The third-order valence-electron chi connectivity index (χ3n) is 2.42. The van der Waals surface area contributed by atoms with E-state index in [1.807, 2.05) is 6.07 Å². The topological polar surface area (TPSA) is 67.2 Å². The van der Waals surface area contributed by atoms with Crippen LogP contribution >= 0.6 is 0 Å². The predicted octanol–water partition coefficient (Wildman–Crippen LogP) is 1.02. The molecule has 0 saturated carbocycles. The van der Waals surface area contributed by atoms with E-state index in [9.17, 15) is 4.79 Å². The summed E-state index contributed by atoms with van der Waals surface area (Å²) in [5.41, 5.74) is 1.59. The molecule has 5 heteroatoms. The van der Waals surface area contributed by atoms with Crippen molar-refractivity contribution in [3.05, 3.63) is 47.8 Å². The molecule has 1 aromatic heterocycles. The average molecular weight is 255 g/mol. The summed E-state index contributed by atoms with van der Waals surface area (Å²) in [6.07, 6.45) is 1.70. The Kier molecular flexibility index (Phi) is 3.96. The molecule has 0 fully saturated rings. The van der Waals surface area contributed by atoms with Gasteiger partial charge in [-0.05, 0) is 18.2 Å². The zero-order valence-electron chi connectivity index (χ0n) is 10.4. The maximum atomic E-state index is 12.0. The number of anilines is 1. The fourth-order valence-electron chi connectivity index (χ4n) is 1.56. The minimum atomic E-state index is -0.293. The van der Waals surface area contributed by atoms with Crippen molar-refractivity contribution in [3.8, 4) is 11.8 Å². The van der Waals surface area contributed by atoms with Gasteiger partial charge in [-0.3, -0.25) is 9.48 Å². The van der Waals surface area contributed by atoms with Crippen molar-refractivity contribution in [2.75, 3.05) is 11.9 Å². The Morgan fingerprint density at radius 1 is 1.42 bits per heavy atom. The van der Waals surface area contributed by atoms with Gasteiger partial charge in [0.05, 0.1) is 5.69 Å². The Balaban J connectivity index is 2.21. The number of para-hydroxylation sites is 1. The predicted molar refractivity (Wildman–Crippen MR) is 71.6 cm³/mol. The average Bonchev–Trinajstić information content (AvgIpc) is 2.84. The minimum absolute atomic E-state index is 0.220. The number of nitrogens with zero attached hydrogens (tertiary/aromatic N) is 2. The molecule has 1 heterocycles. The van der Waals surface area contributed by atoms with E-state index in [1.54, 1.807) is 42.2 Å². The first-order valence-corrected chi connectivity index (χ1v) is 5.70. The third kappa shape index (κ3) is 3.21. The fraction of sp³-hybridized carbons (Fsp3) is 0.143. The highest BCUT2D eigenvalue weighted by molar-refractivity contribution is 6.03. The largest absolute Gasteiger partial charge is 0.384 e. The molecule has 0 aliphatic rings. The second-order valence-electron chi connectivity index (χ2n) is 3.83. The van der Waals surface area contributed by atoms with Gasteiger partial charge in [-0.1, -0.05) is 24.0 Å². The Labute approximate surface area is 110 Å². The first kappa shape index (κ1) is 12.9. The number of rotatable bonds is 2. The number of amides is 1. The SMILES string of the molecule is Cn1ccc(C(=O)Nc2ccccc2C#CCO)n1. The van der Waals surface area contributed by atoms with E-state index in [2.05, 4.69) is 22.3 Å². The van der Waals surface area contributed by atoms with Crippen LogP contribution in [0, 0.1) is 11.8 Å². The fourth-order valence-corrected chi connectivity index (χ4v) is 1.56. The van der Waals surface area contributed by atoms with E-state index in [0.717, 1.165) is 0 Å². The lowest BCUT2D eigenvalue weighted by Crippen LogP contribution is -2.13. The lowest BCUT2D eigenvalue weighted by Gasteiger charge is -2.05. The van der Waals surface area contributed by atoms with Crippen molar-refractivity contribution in [1.82, 2.24) is 9.78 Å². The van der Waals surface area contributed by atoms with Gasteiger partial charge in [-0.25, -0.2) is 0 Å². The number of aromatic nitrogens is 2. The summed E-state index contributed by atoms with van der Waals surface area (Å²) in [6.45, 7) is -0.220. The Bertz CT molecular complexity index is 650. The summed E-state index contributed by atoms with van der Waals surface area (Å²) in [5.74, 6) is 5.05. The molecule has 19 heavy (non-hydrogen) atoms. The minimum Gasteiger partial charge on any atom is -0.384 e. The Hall–Kier alpha value is -2.58. The van der Waals surface area contributed by atoms with Gasteiger partial charge in [0, 0.05) is 18.8 Å². The van der Waals surface area contributed by atoms with Crippen LogP contribution in [0.15, 0.2) is 36.5 Å². The number of nitrogens with one attached hydrogen (secondary N) is 1. The van der Waals surface area contributed by atoms with Crippen LogP contribution in [0.3, 0.4) is 0 Å². The lowest BCUT2D eigenvalue weighted by atomic mass is 10.2. The van der Waals surface area contributed by atoms with Crippen molar-refractivity contribution in [2.24, 2.45) is 7.05 Å². The molecule has 96 valence electrons. The highest BCUT2D eigenvalue weighted by Crippen LogP contribution is 2.14. The zero-order valence-corrected chi connectivity index (χ0v) is 10.4. The number of aryl methyl sites for hydroxylation is 1. The van der Waals surface area contributed by atoms with Crippen molar-refractivity contribution in [2.45, 2.75) is 0 Å².